The molecule has 0 atom stereocenters. The van der Waals surface area contributed by atoms with Gasteiger partial charge in [-0.2, -0.15) is 0 Å². The number of rotatable bonds is 3. The molecule has 0 bridgehead atoms. The van der Waals surface area contributed by atoms with Crippen molar-refractivity contribution in [2.75, 3.05) is 23.4 Å². The number of carbonyl (C=O) groups excluding carboxylic acids is 2. The van der Waals surface area contributed by atoms with E-state index in [1.165, 1.54) is 4.90 Å². The Bertz CT molecular complexity index is 779. The van der Waals surface area contributed by atoms with Crippen LogP contribution in [-0.2, 0) is 9.59 Å². The summed E-state index contributed by atoms with van der Waals surface area (Å²) in [6.45, 7) is 1.68. The highest BCUT2D eigenvalue weighted by Crippen LogP contribution is 2.31. The smallest absolute Gasteiger partial charge is 0.266 e. The number of ether oxygens (including phenoxy) is 1. The predicted molar refractivity (Wildman–Crippen MR) is 89.6 cm³/mol. The number of nitrogens with zero attached hydrogens (tertiary/aromatic N) is 2. The van der Waals surface area contributed by atoms with Crippen LogP contribution in [0.5, 0.6) is 5.75 Å². The number of aryl methyl sites for hydroxylation is 1. The van der Waals surface area contributed by atoms with Gasteiger partial charge in [-0.05, 0) is 46.6 Å². The van der Waals surface area contributed by atoms with Crippen molar-refractivity contribution in [1.82, 2.24) is 4.98 Å². The van der Waals surface area contributed by atoms with Crippen LogP contribution in [0.3, 0.4) is 0 Å². The van der Waals surface area contributed by atoms with Crippen molar-refractivity contribution in [2.24, 2.45) is 0 Å². The summed E-state index contributed by atoms with van der Waals surface area (Å²) >= 11 is 3.26. The van der Waals surface area contributed by atoms with E-state index >= 15 is 0 Å². The average molecular weight is 376 g/mol. The first-order chi connectivity index (χ1) is 11.0. The zero-order valence-electron chi connectivity index (χ0n) is 12.4. The quantitative estimate of drug-likeness (QED) is 0.836. The average Bonchev–Trinajstić information content (AvgIpc) is 2.52. The Labute approximate surface area is 141 Å². The van der Waals surface area contributed by atoms with Gasteiger partial charge in [-0.1, -0.05) is 18.2 Å². The first kappa shape index (κ1) is 15.5. The minimum absolute atomic E-state index is 0.103. The molecule has 6 nitrogen and oxygen atoms in total. The molecule has 0 saturated heterocycles. The van der Waals surface area contributed by atoms with E-state index in [0.29, 0.717) is 16.2 Å². The number of fused-ring (bicyclic) bond motifs is 1. The zero-order valence-corrected chi connectivity index (χ0v) is 14.0. The summed E-state index contributed by atoms with van der Waals surface area (Å²) in [5, 5.41) is 2.81. The lowest BCUT2D eigenvalue weighted by Crippen LogP contribution is -2.44. The van der Waals surface area contributed by atoms with E-state index in [1.54, 1.807) is 12.1 Å². The van der Waals surface area contributed by atoms with E-state index in [1.807, 2.05) is 31.2 Å². The zero-order chi connectivity index (χ0) is 16.4. The Morgan fingerprint density at radius 2 is 2.13 bits per heavy atom. The van der Waals surface area contributed by atoms with Crippen molar-refractivity contribution < 1.29 is 14.3 Å². The molecule has 23 heavy (non-hydrogen) atoms. The van der Waals surface area contributed by atoms with Gasteiger partial charge >= 0.3 is 0 Å². The fraction of sp³-hybridized carbons (Fsp3) is 0.188. The molecule has 1 aromatic carbocycles. The molecule has 0 aliphatic carbocycles. The topological polar surface area (TPSA) is 71.5 Å². The number of pyridine rings is 1. The molecule has 1 N–H and O–H groups in total. The largest absolute Gasteiger partial charge is 0.480 e. The highest BCUT2D eigenvalue weighted by atomic mass is 79.9. The molecule has 1 aliphatic rings. The van der Waals surface area contributed by atoms with E-state index in [9.17, 15) is 9.59 Å². The van der Waals surface area contributed by atoms with Crippen molar-refractivity contribution in [2.45, 2.75) is 6.92 Å². The number of nitrogens with one attached hydrogen (secondary N) is 1. The molecule has 1 aliphatic heterocycles. The monoisotopic (exact) mass is 375 g/mol. The molecule has 3 rings (SSSR count). The lowest BCUT2D eigenvalue weighted by molar-refractivity contribution is -0.123. The summed E-state index contributed by atoms with van der Waals surface area (Å²) in [6.07, 6.45) is 0. The van der Waals surface area contributed by atoms with Gasteiger partial charge in [-0.25, -0.2) is 4.98 Å². The van der Waals surface area contributed by atoms with Crippen molar-refractivity contribution >= 4 is 39.2 Å². The Hall–Kier alpha value is -2.41. The minimum atomic E-state index is -0.303. The van der Waals surface area contributed by atoms with E-state index in [4.69, 9.17) is 4.74 Å². The third-order valence-corrected chi connectivity index (χ3v) is 3.88. The Kier molecular flexibility index (Phi) is 4.29. The highest BCUT2D eigenvalue weighted by molar-refractivity contribution is 9.10. The summed E-state index contributed by atoms with van der Waals surface area (Å²) < 4.78 is 5.90. The molecule has 7 heteroatoms. The lowest BCUT2D eigenvalue weighted by atomic mass is 10.2. The molecule has 0 saturated carbocycles. The Morgan fingerprint density at radius 3 is 2.91 bits per heavy atom. The van der Waals surface area contributed by atoms with Crippen molar-refractivity contribution in [3.8, 4) is 5.75 Å². The first-order valence-corrected chi connectivity index (χ1v) is 7.79. The maximum atomic E-state index is 12.3. The summed E-state index contributed by atoms with van der Waals surface area (Å²) in [5.41, 5.74) is 1.68. The van der Waals surface area contributed by atoms with Gasteiger partial charge in [0.05, 0.1) is 0 Å². The van der Waals surface area contributed by atoms with E-state index in [0.717, 1.165) is 11.3 Å². The van der Waals surface area contributed by atoms with Gasteiger partial charge in [0.2, 0.25) is 5.91 Å². The number of amides is 2. The molecular formula is C16H14BrN3O3. The van der Waals surface area contributed by atoms with E-state index in [2.05, 4.69) is 26.2 Å². The second-order valence-corrected chi connectivity index (χ2v) is 5.90. The van der Waals surface area contributed by atoms with Gasteiger partial charge in [-0.3, -0.25) is 14.5 Å². The second-order valence-electron chi connectivity index (χ2n) is 5.09. The van der Waals surface area contributed by atoms with Crippen LogP contribution in [0, 0.1) is 6.92 Å². The number of benzene rings is 1. The SMILES string of the molecule is Cc1ccccc1NC(=O)CN1C(=O)COc2ccc(Br)nc21. The number of anilines is 2. The molecule has 118 valence electrons. The van der Waals surface area contributed by atoms with Crippen LogP contribution in [-0.4, -0.2) is 29.9 Å². The standard InChI is InChI=1S/C16H14BrN3O3/c1-10-4-2-3-5-11(10)18-14(21)8-20-15(22)9-23-12-6-7-13(17)19-16(12)20/h2-7H,8-9H2,1H3,(H,18,21). The summed E-state index contributed by atoms with van der Waals surface area (Å²) in [4.78, 5) is 29.9. The molecule has 2 heterocycles. The molecule has 0 radical (unpaired) electrons. The van der Waals surface area contributed by atoms with Crippen LogP contribution < -0.4 is 15.0 Å². The first-order valence-electron chi connectivity index (χ1n) is 7.00. The molecule has 2 aromatic rings. The van der Waals surface area contributed by atoms with Crippen molar-refractivity contribution in [3.05, 3.63) is 46.6 Å². The number of para-hydroxylation sites is 1. The van der Waals surface area contributed by atoms with Crippen molar-refractivity contribution in [3.63, 3.8) is 0 Å². The molecule has 0 fully saturated rings. The summed E-state index contributed by atoms with van der Waals surface area (Å²) in [6, 6.07) is 10.9. The number of aromatic nitrogens is 1. The lowest BCUT2D eigenvalue weighted by Gasteiger charge is -2.27. The van der Waals surface area contributed by atoms with Crippen molar-refractivity contribution in [1.29, 1.82) is 0 Å². The second kappa shape index (κ2) is 6.37. The predicted octanol–water partition coefficient (Wildman–Crippen LogP) is 2.52. The third kappa shape index (κ3) is 3.34. The van der Waals surface area contributed by atoms with Crippen LogP contribution in [0.25, 0.3) is 0 Å². The third-order valence-electron chi connectivity index (χ3n) is 3.43. The molecule has 0 unspecified atom stereocenters. The van der Waals surface area contributed by atoms with Gasteiger partial charge in [0, 0.05) is 5.69 Å². The normalized spacial score (nSPS) is 13.3. The fourth-order valence-electron chi connectivity index (χ4n) is 2.26. The van der Waals surface area contributed by atoms with Gasteiger partial charge in [0.1, 0.15) is 11.1 Å². The van der Waals surface area contributed by atoms with Crippen LogP contribution in [0.4, 0.5) is 11.5 Å². The van der Waals surface area contributed by atoms with Gasteiger partial charge in [-0.15, -0.1) is 0 Å². The van der Waals surface area contributed by atoms with Gasteiger partial charge in [0.15, 0.2) is 18.2 Å². The minimum Gasteiger partial charge on any atom is -0.480 e. The number of carbonyl (C=O) groups is 2. The molecule has 0 spiro atoms. The molecule has 2 amide bonds. The molecule has 1 aromatic heterocycles. The maximum Gasteiger partial charge on any atom is 0.266 e. The van der Waals surface area contributed by atoms with Crippen LogP contribution in [0.2, 0.25) is 0 Å². The fourth-order valence-corrected chi connectivity index (χ4v) is 2.56. The van der Waals surface area contributed by atoms with Gasteiger partial charge < -0.3 is 10.1 Å². The Balaban J connectivity index is 1.80. The van der Waals surface area contributed by atoms with Gasteiger partial charge in [0.25, 0.3) is 5.91 Å². The van der Waals surface area contributed by atoms with Crippen LogP contribution in [0.15, 0.2) is 41.0 Å². The Morgan fingerprint density at radius 1 is 1.35 bits per heavy atom. The summed E-state index contributed by atoms with van der Waals surface area (Å²) in [7, 11) is 0. The van der Waals surface area contributed by atoms with E-state index in [-0.39, 0.29) is 25.0 Å². The van der Waals surface area contributed by atoms with Crippen LogP contribution >= 0.6 is 15.9 Å². The van der Waals surface area contributed by atoms with E-state index < -0.39 is 0 Å². The summed E-state index contributed by atoms with van der Waals surface area (Å²) in [5.74, 6) is 0.234. The number of hydrogen-bond acceptors (Lipinski definition) is 4. The maximum absolute atomic E-state index is 12.3. The highest BCUT2D eigenvalue weighted by Gasteiger charge is 2.29. The number of hydrogen-bond donors (Lipinski definition) is 1. The molecular weight excluding hydrogens is 362 g/mol. The number of halogens is 1. The van der Waals surface area contributed by atoms with Crippen LogP contribution in [0.1, 0.15) is 5.56 Å².